The number of piperidine rings is 1. The normalized spacial score (nSPS) is 19.1. The number of rotatable bonds is 4. The number of methoxy groups -OCH3 is 1. The Balaban J connectivity index is 1.63. The molecular weight excluding hydrogens is 338 g/mol. The fraction of sp³-hybridized carbons (Fsp3) is 0.368. The second-order valence-corrected chi connectivity index (χ2v) is 6.89. The number of nitrogens with zero attached hydrogens (tertiary/aromatic N) is 1. The molecule has 2 aromatic rings. The van der Waals surface area contributed by atoms with Gasteiger partial charge in [0.1, 0.15) is 5.75 Å². The molecule has 2 aromatic carbocycles. The average molecular weight is 360 g/mol. The van der Waals surface area contributed by atoms with E-state index < -0.39 is 0 Å². The van der Waals surface area contributed by atoms with Crippen molar-refractivity contribution >= 4 is 15.9 Å². The number of hydrogen-bond acceptors (Lipinski definition) is 2. The number of ether oxygens (including phenoxy) is 1. The molecule has 1 aliphatic rings. The molecule has 3 heteroatoms. The SMILES string of the molecule is COc1ccc(CN2CCCC(c3ccc(Br)cc3)C2)cc1. The summed E-state index contributed by atoms with van der Waals surface area (Å²) in [5, 5.41) is 0. The van der Waals surface area contributed by atoms with Crippen molar-refractivity contribution in [3.05, 3.63) is 64.1 Å². The molecule has 22 heavy (non-hydrogen) atoms. The first kappa shape index (κ1) is 15.6. The maximum absolute atomic E-state index is 5.23. The molecule has 1 saturated heterocycles. The molecule has 0 aliphatic carbocycles. The average Bonchev–Trinajstić information content (AvgIpc) is 2.56. The molecule has 3 rings (SSSR count). The summed E-state index contributed by atoms with van der Waals surface area (Å²) in [6, 6.07) is 17.2. The van der Waals surface area contributed by atoms with Gasteiger partial charge in [-0.25, -0.2) is 0 Å². The Morgan fingerprint density at radius 3 is 2.50 bits per heavy atom. The third-order valence-corrected chi connectivity index (χ3v) is 4.94. The van der Waals surface area contributed by atoms with Gasteiger partial charge in [0.2, 0.25) is 0 Å². The van der Waals surface area contributed by atoms with Crippen molar-refractivity contribution in [3.63, 3.8) is 0 Å². The van der Waals surface area contributed by atoms with Crippen LogP contribution in [-0.4, -0.2) is 25.1 Å². The summed E-state index contributed by atoms with van der Waals surface area (Å²) in [6.45, 7) is 3.36. The lowest BCUT2D eigenvalue weighted by atomic mass is 9.90. The largest absolute Gasteiger partial charge is 0.497 e. The monoisotopic (exact) mass is 359 g/mol. The van der Waals surface area contributed by atoms with Crippen LogP contribution >= 0.6 is 15.9 Å². The van der Waals surface area contributed by atoms with Crippen molar-refractivity contribution in [2.45, 2.75) is 25.3 Å². The molecular formula is C19H22BrNO. The minimum Gasteiger partial charge on any atom is -0.497 e. The summed E-state index contributed by atoms with van der Waals surface area (Å²) < 4.78 is 6.38. The van der Waals surface area contributed by atoms with Gasteiger partial charge in [-0.1, -0.05) is 40.2 Å². The van der Waals surface area contributed by atoms with E-state index in [2.05, 4.69) is 57.2 Å². The Labute approximate surface area is 141 Å². The molecule has 116 valence electrons. The number of likely N-dealkylation sites (tertiary alicyclic amines) is 1. The minimum atomic E-state index is 0.653. The summed E-state index contributed by atoms with van der Waals surface area (Å²) >= 11 is 3.52. The smallest absolute Gasteiger partial charge is 0.118 e. The maximum Gasteiger partial charge on any atom is 0.118 e. The second-order valence-electron chi connectivity index (χ2n) is 5.97. The van der Waals surface area contributed by atoms with E-state index in [0.717, 1.165) is 23.3 Å². The lowest BCUT2D eigenvalue weighted by Gasteiger charge is -2.33. The van der Waals surface area contributed by atoms with E-state index in [1.165, 1.54) is 30.5 Å². The predicted octanol–water partition coefficient (Wildman–Crippen LogP) is 4.84. The van der Waals surface area contributed by atoms with Crippen molar-refractivity contribution in [1.82, 2.24) is 4.90 Å². The Hall–Kier alpha value is -1.32. The quantitative estimate of drug-likeness (QED) is 0.774. The van der Waals surface area contributed by atoms with E-state index in [1.807, 2.05) is 12.1 Å². The van der Waals surface area contributed by atoms with Crippen LogP contribution in [0.15, 0.2) is 53.0 Å². The molecule has 1 fully saturated rings. The molecule has 0 bridgehead atoms. The van der Waals surface area contributed by atoms with Gasteiger partial charge in [-0.3, -0.25) is 4.90 Å². The predicted molar refractivity (Wildman–Crippen MR) is 94.4 cm³/mol. The van der Waals surface area contributed by atoms with E-state index in [-0.39, 0.29) is 0 Å². The molecule has 0 aromatic heterocycles. The summed E-state index contributed by atoms with van der Waals surface area (Å²) in [5.74, 6) is 1.58. The van der Waals surface area contributed by atoms with Gasteiger partial charge in [0, 0.05) is 17.6 Å². The van der Waals surface area contributed by atoms with Crippen molar-refractivity contribution in [2.75, 3.05) is 20.2 Å². The zero-order valence-corrected chi connectivity index (χ0v) is 14.6. The van der Waals surface area contributed by atoms with Gasteiger partial charge >= 0.3 is 0 Å². The Morgan fingerprint density at radius 2 is 1.82 bits per heavy atom. The van der Waals surface area contributed by atoms with Crippen molar-refractivity contribution in [3.8, 4) is 5.75 Å². The van der Waals surface area contributed by atoms with E-state index in [1.54, 1.807) is 7.11 Å². The Kier molecular flexibility index (Phi) is 5.16. The van der Waals surface area contributed by atoms with Gasteiger partial charge in [0.25, 0.3) is 0 Å². The highest BCUT2D eigenvalue weighted by atomic mass is 79.9. The zero-order chi connectivity index (χ0) is 15.4. The summed E-state index contributed by atoms with van der Waals surface area (Å²) in [4.78, 5) is 2.57. The number of hydrogen-bond donors (Lipinski definition) is 0. The molecule has 0 N–H and O–H groups in total. The molecule has 0 saturated carbocycles. The van der Waals surface area contributed by atoms with Gasteiger partial charge < -0.3 is 4.74 Å². The van der Waals surface area contributed by atoms with Crippen molar-refractivity contribution < 1.29 is 4.74 Å². The maximum atomic E-state index is 5.23. The van der Waals surface area contributed by atoms with Crippen LogP contribution in [0.3, 0.4) is 0 Å². The van der Waals surface area contributed by atoms with Gasteiger partial charge in [-0.05, 0) is 60.7 Å². The van der Waals surface area contributed by atoms with Gasteiger partial charge in [-0.15, -0.1) is 0 Å². The zero-order valence-electron chi connectivity index (χ0n) is 13.0. The molecule has 2 nitrogen and oxygen atoms in total. The van der Waals surface area contributed by atoms with Crippen molar-refractivity contribution in [2.24, 2.45) is 0 Å². The molecule has 1 atom stereocenters. The lowest BCUT2D eigenvalue weighted by molar-refractivity contribution is 0.200. The van der Waals surface area contributed by atoms with E-state index >= 15 is 0 Å². The molecule has 0 spiro atoms. The Bertz CT molecular complexity index is 594. The molecule has 1 heterocycles. The highest BCUT2D eigenvalue weighted by molar-refractivity contribution is 9.10. The molecule has 1 unspecified atom stereocenters. The summed E-state index contributed by atoms with van der Waals surface area (Å²) in [7, 11) is 1.71. The van der Waals surface area contributed by atoms with Crippen LogP contribution < -0.4 is 4.74 Å². The highest BCUT2D eigenvalue weighted by Gasteiger charge is 2.21. The Morgan fingerprint density at radius 1 is 1.09 bits per heavy atom. The highest BCUT2D eigenvalue weighted by Crippen LogP contribution is 2.28. The summed E-state index contributed by atoms with van der Waals surface area (Å²) in [5.41, 5.74) is 2.82. The first-order valence-corrected chi connectivity index (χ1v) is 8.64. The van der Waals surface area contributed by atoms with Crippen LogP contribution in [0.2, 0.25) is 0 Å². The van der Waals surface area contributed by atoms with Gasteiger partial charge in [0.15, 0.2) is 0 Å². The van der Waals surface area contributed by atoms with E-state index in [9.17, 15) is 0 Å². The minimum absolute atomic E-state index is 0.653. The molecule has 0 radical (unpaired) electrons. The topological polar surface area (TPSA) is 12.5 Å². The number of benzene rings is 2. The van der Waals surface area contributed by atoms with Crippen LogP contribution in [0.5, 0.6) is 5.75 Å². The molecule has 1 aliphatic heterocycles. The number of halogens is 1. The van der Waals surface area contributed by atoms with Crippen LogP contribution in [0.1, 0.15) is 29.9 Å². The van der Waals surface area contributed by atoms with Crippen LogP contribution in [0.25, 0.3) is 0 Å². The van der Waals surface area contributed by atoms with Gasteiger partial charge in [-0.2, -0.15) is 0 Å². The van der Waals surface area contributed by atoms with Crippen molar-refractivity contribution in [1.29, 1.82) is 0 Å². The third kappa shape index (κ3) is 3.90. The lowest BCUT2D eigenvalue weighted by Crippen LogP contribution is -2.33. The third-order valence-electron chi connectivity index (χ3n) is 4.41. The van der Waals surface area contributed by atoms with Crippen LogP contribution in [0, 0.1) is 0 Å². The first-order chi connectivity index (χ1) is 10.7. The van der Waals surface area contributed by atoms with Crippen LogP contribution in [-0.2, 0) is 6.54 Å². The van der Waals surface area contributed by atoms with Crippen LogP contribution in [0.4, 0.5) is 0 Å². The van der Waals surface area contributed by atoms with E-state index in [4.69, 9.17) is 4.74 Å². The molecule has 0 amide bonds. The fourth-order valence-corrected chi connectivity index (χ4v) is 3.46. The fourth-order valence-electron chi connectivity index (χ4n) is 3.20. The summed E-state index contributed by atoms with van der Waals surface area (Å²) in [6.07, 6.45) is 2.57. The first-order valence-electron chi connectivity index (χ1n) is 7.85. The second kappa shape index (κ2) is 7.30. The van der Waals surface area contributed by atoms with E-state index in [0.29, 0.717) is 5.92 Å². The standard InChI is InChI=1S/C19H22BrNO/c1-22-19-10-4-15(5-11-19)13-21-12-2-3-17(14-21)16-6-8-18(20)9-7-16/h4-11,17H,2-3,12-14H2,1H3. The van der Waals surface area contributed by atoms with Gasteiger partial charge in [0.05, 0.1) is 7.11 Å².